The quantitative estimate of drug-likeness (QED) is 0.567. The molecule has 126 valence electrons. The minimum absolute atomic E-state index is 0.0293. The molecule has 25 heavy (non-hydrogen) atoms. The van der Waals surface area contributed by atoms with Gasteiger partial charge in [-0.1, -0.05) is 29.4 Å². The average Bonchev–Trinajstić information content (AvgIpc) is 3.24. The largest absolute Gasteiger partial charge is 0.411 e. The first kappa shape index (κ1) is 15.5. The number of hydrogen-bond acceptors (Lipinski definition) is 5. The number of nitrogens with zero attached hydrogens (tertiary/aromatic N) is 4. The van der Waals surface area contributed by atoms with Crippen LogP contribution in [0.2, 0.25) is 0 Å². The maximum absolute atomic E-state index is 9.38. The van der Waals surface area contributed by atoms with Crippen LogP contribution >= 0.6 is 0 Å². The lowest BCUT2D eigenvalue weighted by Gasteiger charge is -2.11. The Balaban J connectivity index is 1.86. The first-order chi connectivity index (χ1) is 12.3. The summed E-state index contributed by atoms with van der Waals surface area (Å²) in [5.41, 5.74) is 5.71. The maximum Gasteiger partial charge on any atom is 0.0962 e. The van der Waals surface area contributed by atoms with Gasteiger partial charge in [-0.2, -0.15) is 5.10 Å². The third kappa shape index (κ3) is 2.70. The molecular formula is C19H18N4O2. The molecule has 6 nitrogen and oxygen atoms in total. The lowest BCUT2D eigenvalue weighted by atomic mass is 9.91. The van der Waals surface area contributed by atoms with E-state index < -0.39 is 0 Å². The van der Waals surface area contributed by atoms with E-state index in [1.807, 2.05) is 36.5 Å². The number of hydrogen-bond donors (Lipinski definition) is 2. The Hall–Kier alpha value is -2.99. The molecule has 0 fully saturated rings. The molecule has 0 bridgehead atoms. The summed E-state index contributed by atoms with van der Waals surface area (Å²) in [5.74, 6) is 0.0673. The molecule has 1 atom stereocenters. The monoisotopic (exact) mass is 334 g/mol. The van der Waals surface area contributed by atoms with Gasteiger partial charge in [-0.25, -0.2) is 0 Å². The number of aromatic nitrogens is 3. The van der Waals surface area contributed by atoms with Crippen LogP contribution in [0.25, 0.3) is 11.3 Å². The third-order valence-electron chi connectivity index (χ3n) is 4.61. The highest BCUT2D eigenvalue weighted by molar-refractivity contribution is 6.05. The van der Waals surface area contributed by atoms with Gasteiger partial charge in [0.1, 0.15) is 0 Å². The van der Waals surface area contributed by atoms with Crippen molar-refractivity contribution in [2.24, 2.45) is 5.16 Å². The van der Waals surface area contributed by atoms with Crippen LogP contribution in [0.4, 0.5) is 0 Å². The number of fused-ring (bicyclic) bond motifs is 1. The molecule has 0 saturated carbocycles. The van der Waals surface area contributed by atoms with Crippen molar-refractivity contribution >= 4 is 5.71 Å². The highest BCUT2D eigenvalue weighted by Gasteiger charge is 2.32. The molecule has 0 amide bonds. The summed E-state index contributed by atoms with van der Waals surface area (Å²) in [6.45, 7) is 0.467. The molecule has 3 aromatic rings. The van der Waals surface area contributed by atoms with Crippen molar-refractivity contribution in [1.82, 2.24) is 14.8 Å². The topological polar surface area (TPSA) is 83.5 Å². The average molecular weight is 334 g/mol. The van der Waals surface area contributed by atoms with Gasteiger partial charge in [0, 0.05) is 47.6 Å². The zero-order chi connectivity index (χ0) is 17.2. The van der Waals surface area contributed by atoms with Gasteiger partial charge in [0.2, 0.25) is 0 Å². The summed E-state index contributed by atoms with van der Waals surface area (Å²) in [7, 11) is 0. The van der Waals surface area contributed by atoms with Gasteiger partial charge in [-0.05, 0) is 17.7 Å². The Bertz CT molecular complexity index is 918. The van der Waals surface area contributed by atoms with E-state index in [9.17, 15) is 10.3 Å². The van der Waals surface area contributed by atoms with E-state index in [-0.39, 0.29) is 12.5 Å². The molecule has 0 unspecified atom stereocenters. The van der Waals surface area contributed by atoms with Crippen LogP contribution in [0.15, 0.2) is 60.1 Å². The molecule has 2 N–H and O–H groups in total. The van der Waals surface area contributed by atoms with E-state index in [1.54, 1.807) is 17.1 Å². The van der Waals surface area contributed by atoms with Gasteiger partial charge in [0.15, 0.2) is 0 Å². The fourth-order valence-corrected chi connectivity index (χ4v) is 3.49. The predicted octanol–water partition coefficient (Wildman–Crippen LogP) is 2.65. The standard InChI is InChI=1S/C19H18N4O2/c24-10-9-23-12-17(19(21-23)13-5-7-20-8-6-13)16-11-18(22-25)15-4-2-1-3-14(15)16/h1-8,12,16,24-25H,9-11H2/b22-18-/t16-/m0/s1. The van der Waals surface area contributed by atoms with Crippen molar-refractivity contribution < 1.29 is 10.3 Å². The fraction of sp³-hybridized carbons (Fsp3) is 0.211. The molecule has 0 radical (unpaired) electrons. The highest BCUT2D eigenvalue weighted by Crippen LogP contribution is 2.41. The molecule has 1 aromatic carbocycles. The molecule has 6 heteroatoms. The lowest BCUT2D eigenvalue weighted by Crippen LogP contribution is -2.02. The summed E-state index contributed by atoms with van der Waals surface area (Å²) in [6, 6.07) is 11.8. The van der Waals surface area contributed by atoms with E-state index >= 15 is 0 Å². The van der Waals surface area contributed by atoms with Crippen LogP contribution in [0.3, 0.4) is 0 Å². The zero-order valence-corrected chi connectivity index (χ0v) is 13.6. The summed E-state index contributed by atoms with van der Waals surface area (Å²) < 4.78 is 1.77. The van der Waals surface area contributed by atoms with Gasteiger partial charge >= 0.3 is 0 Å². The van der Waals surface area contributed by atoms with E-state index in [2.05, 4.69) is 21.3 Å². The van der Waals surface area contributed by atoms with Crippen molar-refractivity contribution in [1.29, 1.82) is 0 Å². The Morgan fingerprint density at radius 1 is 1.12 bits per heavy atom. The molecule has 2 heterocycles. The van der Waals surface area contributed by atoms with Gasteiger partial charge in [-0.15, -0.1) is 0 Å². The molecule has 0 saturated heterocycles. The number of oxime groups is 1. The third-order valence-corrected chi connectivity index (χ3v) is 4.61. The van der Waals surface area contributed by atoms with Crippen LogP contribution in [-0.2, 0) is 6.54 Å². The Morgan fingerprint density at radius 3 is 2.68 bits per heavy atom. The van der Waals surface area contributed by atoms with Gasteiger partial charge in [-0.3, -0.25) is 9.67 Å². The second-order valence-electron chi connectivity index (χ2n) is 6.05. The normalized spacial score (nSPS) is 17.8. The molecule has 2 aromatic heterocycles. The fourth-order valence-electron chi connectivity index (χ4n) is 3.49. The first-order valence-electron chi connectivity index (χ1n) is 8.20. The zero-order valence-electron chi connectivity index (χ0n) is 13.6. The SMILES string of the molecule is OCCn1cc([C@H]2C/C(=N/O)c3ccccc32)c(-c2ccncc2)n1. The summed E-state index contributed by atoms with van der Waals surface area (Å²) in [5, 5.41) is 26.8. The minimum Gasteiger partial charge on any atom is -0.411 e. The van der Waals surface area contributed by atoms with Crippen LogP contribution in [0, 0.1) is 0 Å². The molecule has 0 aliphatic heterocycles. The predicted molar refractivity (Wildman–Crippen MR) is 93.8 cm³/mol. The molecule has 1 aliphatic carbocycles. The molecule has 4 rings (SSSR count). The van der Waals surface area contributed by atoms with Crippen LogP contribution in [0.5, 0.6) is 0 Å². The van der Waals surface area contributed by atoms with Crippen molar-refractivity contribution in [2.75, 3.05) is 6.61 Å². The second-order valence-corrected chi connectivity index (χ2v) is 6.05. The highest BCUT2D eigenvalue weighted by atomic mass is 16.4. The number of benzene rings is 1. The molecule has 1 aliphatic rings. The van der Waals surface area contributed by atoms with Crippen molar-refractivity contribution in [3.05, 3.63) is 71.7 Å². The number of aliphatic hydroxyl groups excluding tert-OH is 1. The van der Waals surface area contributed by atoms with Crippen LogP contribution < -0.4 is 0 Å². The number of aliphatic hydroxyl groups is 1. The van der Waals surface area contributed by atoms with E-state index in [4.69, 9.17) is 0 Å². The number of pyridine rings is 1. The van der Waals surface area contributed by atoms with Crippen LogP contribution in [0.1, 0.15) is 29.0 Å². The molecular weight excluding hydrogens is 316 g/mol. The van der Waals surface area contributed by atoms with Crippen molar-refractivity contribution in [3.63, 3.8) is 0 Å². The summed E-state index contributed by atoms with van der Waals surface area (Å²) in [4.78, 5) is 4.08. The van der Waals surface area contributed by atoms with E-state index in [0.717, 1.165) is 27.9 Å². The minimum atomic E-state index is 0.0293. The number of rotatable bonds is 4. The van der Waals surface area contributed by atoms with E-state index in [1.165, 1.54) is 0 Å². The Labute approximate surface area is 145 Å². The van der Waals surface area contributed by atoms with Crippen molar-refractivity contribution in [3.8, 4) is 11.3 Å². The maximum atomic E-state index is 9.38. The lowest BCUT2D eigenvalue weighted by molar-refractivity contribution is 0.269. The Morgan fingerprint density at radius 2 is 1.92 bits per heavy atom. The molecule has 0 spiro atoms. The van der Waals surface area contributed by atoms with Gasteiger partial charge in [0.05, 0.1) is 24.6 Å². The van der Waals surface area contributed by atoms with Crippen LogP contribution in [-0.4, -0.2) is 37.4 Å². The summed E-state index contributed by atoms with van der Waals surface area (Å²) >= 11 is 0. The van der Waals surface area contributed by atoms with E-state index in [0.29, 0.717) is 18.7 Å². The smallest absolute Gasteiger partial charge is 0.0962 e. The Kier molecular flexibility index (Phi) is 4.03. The van der Waals surface area contributed by atoms with Gasteiger partial charge in [0.25, 0.3) is 0 Å². The van der Waals surface area contributed by atoms with Crippen molar-refractivity contribution in [2.45, 2.75) is 18.9 Å². The first-order valence-corrected chi connectivity index (χ1v) is 8.20. The van der Waals surface area contributed by atoms with Gasteiger partial charge < -0.3 is 10.3 Å². The second kappa shape index (κ2) is 6.49. The summed E-state index contributed by atoms with van der Waals surface area (Å²) in [6.07, 6.45) is 6.09.